The Bertz CT molecular complexity index is 684. The second-order valence-electron chi connectivity index (χ2n) is 9.04. The fraction of sp³-hybridized carbons (Fsp3) is 0.714. The Hall–Kier alpha value is -1.70. The van der Waals surface area contributed by atoms with Crippen molar-refractivity contribution in [1.82, 2.24) is 19.7 Å². The van der Waals surface area contributed by atoms with Crippen LogP contribution in [0.5, 0.6) is 0 Å². The molecule has 4 rings (SSSR count). The number of amides is 1. The Balaban J connectivity index is 1.41. The summed E-state index contributed by atoms with van der Waals surface area (Å²) in [6, 6.07) is 3.79. The Morgan fingerprint density at radius 2 is 1.82 bits per heavy atom. The number of piperidine rings is 2. The van der Waals surface area contributed by atoms with Crippen molar-refractivity contribution >= 4 is 11.7 Å². The minimum atomic E-state index is -0.215. The molecule has 0 bridgehead atoms. The number of rotatable bonds is 2. The number of β-amino-alcohol motifs (C(OH)–C–C–N with tert-alkyl or cyclic N) is 1. The molecule has 0 aromatic carbocycles. The summed E-state index contributed by atoms with van der Waals surface area (Å²) in [7, 11) is 4.20. The van der Waals surface area contributed by atoms with Gasteiger partial charge in [0.1, 0.15) is 5.82 Å². The van der Waals surface area contributed by atoms with Gasteiger partial charge < -0.3 is 24.7 Å². The topological polar surface area (TPSA) is 63.1 Å². The predicted octanol–water partition coefficient (Wildman–Crippen LogP) is 0.752. The van der Waals surface area contributed by atoms with Crippen LogP contribution in [0.3, 0.4) is 0 Å². The quantitative estimate of drug-likeness (QED) is 0.808. The molecule has 7 nitrogen and oxygen atoms in total. The van der Waals surface area contributed by atoms with E-state index in [-0.39, 0.29) is 17.4 Å². The lowest BCUT2D eigenvalue weighted by Gasteiger charge is -2.48. The first-order valence-electron chi connectivity index (χ1n) is 10.5. The minimum absolute atomic E-state index is 0.113. The summed E-state index contributed by atoms with van der Waals surface area (Å²) in [5.41, 5.74) is 0.957. The third-order valence-corrected chi connectivity index (χ3v) is 6.73. The average molecular weight is 388 g/mol. The van der Waals surface area contributed by atoms with Gasteiger partial charge in [0.05, 0.1) is 6.10 Å². The van der Waals surface area contributed by atoms with Gasteiger partial charge in [0, 0.05) is 64.1 Å². The number of likely N-dealkylation sites (tertiary alicyclic amines) is 1. The van der Waals surface area contributed by atoms with Crippen LogP contribution >= 0.6 is 0 Å². The SMILES string of the molecule is CN1CCN(C(=O)c2ccnc(N3CCC4(CC3)CC(O)CN(C)C4)c2)CC1. The van der Waals surface area contributed by atoms with E-state index in [4.69, 9.17) is 0 Å². The van der Waals surface area contributed by atoms with E-state index < -0.39 is 0 Å². The number of anilines is 1. The summed E-state index contributed by atoms with van der Waals surface area (Å²) in [4.78, 5) is 26.2. The van der Waals surface area contributed by atoms with Gasteiger partial charge in [-0.2, -0.15) is 0 Å². The van der Waals surface area contributed by atoms with E-state index in [1.54, 1.807) is 6.20 Å². The fourth-order valence-electron chi connectivity index (χ4n) is 5.11. The van der Waals surface area contributed by atoms with Crippen LogP contribution in [0.2, 0.25) is 0 Å². The van der Waals surface area contributed by atoms with E-state index in [1.165, 1.54) is 0 Å². The molecule has 3 aliphatic heterocycles. The van der Waals surface area contributed by atoms with Gasteiger partial charge in [-0.25, -0.2) is 4.98 Å². The van der Waals surface area contributed by atoms with Crippen molar-refractivity contribution in [2.45, 2.75) is 25.4 Å². The van der Waals surface area contributed by atoms with Crippen molar-refractivity contribution in [3.63, 3.8) is 0 Å². The second-order valence-corrected chi connectivity index (χ2v) is 9.04. The van der Waals surface area contributed by atoms with Crippen LogP contribution < -0.4 is 4.90 Å². The van der Waals surface area contributed by atoms with E-state index in [9.17, 15) is 9.90 Å². The first-order chi connectivity index (χ1) is 13.4. The number of aliphatic hydroxyl groups excluding tert-OH is 1. The first-order valence-corrected chi connectivity index (χ1v) is 10.5. The largest absolute Gasteiger partial charge is 0.392 e. The zero-order valence-electron chi connectivity index (χ0n) is 17.2. The molecule has 0 saturated carbocycles. The molecule has 1 unspecified atom stereocenters. The molecule has 154 valence electrons. The summed E-state index contributed by atoms with van der Waals surface area (Å²) < 4.78 is 0. The van der Waals surface area contributed by atoms with Crippen LogP contribution in [0.4, 0.5) is 5.82 Å². The highest BCUT2D eigenvalue weighted by Gasteiger charge is 2.40. The molecule has 1 atom stereocenters. The van der Waals surface area contributed by atoms with Crippen LogP contribution in [0.15, 0.2) is 18.3 Å². The Morgan fingerprint density at radius 1 is 1.11 bits per heavy atom. The van der Waals surface area contributed by atoms with Gasteiger partial charge in [0.25, 0.3) is 5.91 Å². The van der Waals surface area contributed by atoms with E-state index in [0.29, 0.717) is 0 Å². The second kappa shape index (κ2) is 7.97. The number of nitrogens with zero attached hydrogens (tertiary/aromatic N) is 5. The molecule has 1 spiro atoms. The van der Waals surface area contributed by atoms with Crippen LogP contribution in [-0.2, 0) is 0 Å². The summed E-state index contributed by atoms with van der Waals surface area (Å²) in [6.45, 7) is 7.14. The summed E-state index contributed by atoms with van der Waals surface area (Å²) in [5.74, 6) is 1.02. The number of hydrogen-bond acceptors (Lipinski definition) is 6. The van der Waals surface area contributed by atoms with Crippen LogP contribution in [0.25, 0.3) is 0 Å². The molecule has 1 N–H and O–H groups in total. The standard InChI is InChI=1S/C21H33N5O2/c1-23-9-11-26(12-10-23)20(28)17-3-6-22-19(13-17)25-7-4-21(5-8-25)14-18(27)15-24(2)16-21/h3,6,13,18,27H,4-5,7-12,14-16H2,1-2H3. The molecule has 1 aromatic rings. The molecule has 28 heavy (non-hydrogen) atoms. The normalized spacial score (nSPS) is 26.6. The molecule has 3 fully saturated rings. The summed E-state index contributed by atoms with van der Waals surface area (Å²) in [5, 5.41) is 10.2. The number of aromatic nitrogens is 1. The first kappa shape index (κ1) is 19.6. The lowest BCUT2D eigenvalue weighted by atomic mass is 9.72. The minimum Gasteiger partial charge on any atom is -0.392 e. The summed E-state index contributed by atoms with van der Waals surface area (Å²) >= 11 is 0. The molecule has 7 heteroatoms. The number of carbonyl (C=O) groups is 1. The molecular formula is C21H33N5O2. The van der Waals surface area contributed by atoms with Gasteiger partial charge in [-0.15, -0.1) is 0 Å². The monoisotopic (exact) mass is 387 g/mol. The molecule has 3 aliphatic rings. The number of carbonyl (C=O) groups excluding carboxylic acids is 1. The molecule has 3 saturated heterocycles. The van der Waals surface area contributed by atoms with Gasteiger partial charge in [-0.3, -0.25) is 4.79 Å². The fourth-order valence-corrected chi connectivity index (χ4v) is 5.11. The Kier molecular flexibility index (Phi) is 5.58. The number of piperazine rings is 1. The predicted molar refractivity (Wildman–Crippen MR) is 110 cm³/mol. The average Bonchev–Trinajstić information content (AvgIpc) is 2.68. The van der Waals surface area contributed by atoms with Crippen molar-refractivity contribution in [3.8, 4) is 0 Å². The van der Waals surface area contributed by atoms with Gasteiger partial charge >= 0.3 is 0 Å². The van der Waals surface area contributed by atoms with Gasteiger partial charge in [-0.1, -0.05) is 0 Å². The highest BCUT2D eigenvalue weighted by Crippen LogP contribution is 2.40. The lowest BCUT2D eigenvalue weighted by Crippen LogP contribution is -2.52. The Morgan fingerprint density at radius 3 is 2.50 bits per heavy atom. The zero-order chi connectivity index (χ0) is 19.7. The molecular weight excluding hydrogens is 354 g/mol. The van der Waals surface area contributed by atoms with Crippen molar-refractivity contribution in [2.75, 3.05) is 71.4 Å². The molecule has 4 heterocycles. The number of pyridine rings is 1. The molecule has 1 aromatic heterocycles. The van der Waals surface area contributed by atoms with E-state index in [1.807, 2.05) is 17.0 Å². The Labute approximate surface area is 167 Å². The van der Waals surface area contributed by atoms with Gasteiger partial charge in [-0.05, 0) is 50.9 Å². The third kappa shape index (κ3) is 4.16. The number of aliphatic hydroxyl groups is 1. The number of hydrogen-bond donors (Lipinski definition) is 1. The van der Waals surface area contributed by atoms with Crippen molar-refractivity contribution in [2.24, 2.45) is 5.41 Å². The third-order valence-electron chi connectivity index (χ3n) is 6.73. The lowest BCUT2D eigenvalue weighted by molar-refractivity contribution is -0.0112. The van der Waals surface area contributed by atoms with Gasteiger partial charge in [0.2, 0.25) is 0 Å². The van der Waals surface area contributed by atoms with Crippen LogP contribution in [0.1, 0.15) is 29.6 Å². The van der Waals surface area contributed by atoms with Crippen molar-refractivity contribution in [3.05, 3.63) is 23.9 Å². The van der Waals surface area contributed by atoms with Crippen LogP contribution in [0, 0.1) is 5.41 Å². The highest BCUT2D eigenvalue weighted by molar-refractivity contribution is 5.95. The molecule has 1 amide bonds. The maximum absolute atomic E-state index is 12.9. The highest BCUT2D eigenvalue weighted by atomic mass is 16.3. The maximum atomic E-state index is 12.9. The maximum Gasteiger partial charge on any atom is 0.254 e. The van der Waals surface area contributed by atoms with E-state index in [2.05, 4.69) is 33.8 Å². The molecule has 0 aliphatic carbocycles. The van der Waals surface area contributed by atoms with Crippen molar-refractivity contribution in [1.29, 1.82) is 0 Å². The summed E-state index contributed by atoms with van der Waals surface area (Å²) in [6.07, 6.45) is 4.58. The zero-order valence-corrected chi connectivity index (χ0v) is 17.2. The van der Waals surface area contributed by atoms with E-state index >= 15 is 0 Å². The smallest absolute Gasteiger partial charge is 0.254 e. The van der Waals surface area contributed by atoms with Crippen LogP contribution in [-0.4, -0.2) is 103 Å². The number of likely N-dealkylation sites (N-methyl/N-ethyl adjacent to an activating group) is 2. The van der Waals surface area contributed by atoms with Gasteiger partial charge in [0.15, 0.2) is 0 Å². The molecule has 0 radical (unpaired) electrons. The van der Waals surface area contributed by atoms with E-state index in [0.717, 1.165) is 83.0 Å². The van der Waals surface area contributed by atoms with Crippen molar-refractivity contribution < 1.29 is 9.90 Å².